The van der Waals surface area contributed by atoms with Crippen LogP contribution in [0.25, 0.3) is 0 Å². The fraction of sp³-hybridized carbons (Fsp3) is 0.520. The van der Waals surface area contributed by atoms with E-state index in [9.17, 15) is 4.79 Å². The molecule has 1 aromatic carbocycles. The van der Waals surface area contributed by atoms with Crippen LogP contribution in [0.1, 0.15) is 47.2 Å². The first kappa shape index (κ1) is 19.6. The maximum absolute atomic E-state index is 13.4. The summed E-state index contributed by atoms with van der Waals surface area (Å²) in [6, 6.07) is 10.5. The number of amides is 1. The van der Waals surface area contributed by atoms with E-state index >= 15 is 0 Å². The molecule has 0 saturated carbocycles. The third kappa shape index (κ3) is 3.71. The van der Waals surface area contributed by atoms with Gasteiger partial charge in [0.2, 0.25) is 0 Å². The molecule has 30 heavy (non-hydrogen) atoms. The molecule has 5 heteroatoms. The predicted octanol–water partition coefficient (Wildman–Crippen LogP) is 3.59. The molecule has 0 radical (unpaired) electrons. The lowest BCUT2D eigenvalue weighted by molar-refractivity contribution is 0.0513. The number of anilines is 1. The second kappa shape index (κ2) is 8.03. The van der Waals surface area contributed by atoms with Crippen LogP contribution in [0.15, 0.2) is 42.7 Å². The molecule has 0 aliphatic carbocycles. The van der Waals surface area contributed by atoms with Crippen LogP contribution >= 0.6 is 0 Å². The first-order chi connectivity index (χ1) is 14.6. The number of benzene rings is 1. The first-order valence-electron chi connectivity index (χ1n) is 11.4. The number of hydrogen-bond acceptors (Lipinski definition) is 4. The molecule has 2 aromatic rings. The lowest BCUT2D eigenvalue weighted by Crippen LogP contribution is -2.48. The highest BCUT2D eigenvalue weighted by atomic mass is 16.2. The Balaban J connectivity index is 1.22. The van der Waals surface area contributed by atoms with Crippen LogP contribution in [0, 0.1) is 5.41 Å². The van der Waals surface area contributed by atoms with E-state index in [-0.39, 0.29) is 5.91 Å². The van der Waals surface area contributed by atoms with Crippen molar-refractivity contribution in [2.75, 3.05) is 44.7 Å². The number of likely N-dealkylation sites (N-methyl/N-ethyl adjacent to an activating group) is 1. The van der Waals surface area contributed by atoms with Gasteiger partial charge in [-0.15, -0.1) is 0 Å². The van der Waals surface area contributed by atoms with E-state index in [0.717, 1.165) is 64.1 Å². The monoisotopic (exact) mass is 404 g/mol. The summed E-state index contributed by atoms with van der Waals surface area (Å²) >= 11 is 0. The molecule has 2 saturated heterocycles. The summed E-state index contributed by atoms with van der Waals surface area (Å²) in [7, 11) is 2.15. The summed E-state index contributed by atoms with van der Waals surface area (Å²) in [5, 5.41) is 0. The van der Waals surface area contributed by atoms with E-state index in [2.05, 4.69) is 51.0 Å². The van der Waals surface area contributed by atoms with Gasteiger partial charge in [-0.2, -0.15) is 0 Å². The Kier molecular flexibility index (Phi) is 5.23. The Morgan fingerprint density at radius 3 is 2.37 bits per heavy atom. The lowest BCUT2D eigenvalue weighted by atomic mass is 9.71. The van der Waals surface area contributed by atoms with E-state index in [4.69, 9.17) is 0 Å². The molecular weight excluding hydrogens is 372 g/mol. The molecule has 0 atom stereocenters. The quantitative estimate of drug-likeness (QED) is 0.767. The third-order valence-electron chi connectivity index (χ3n) is 7.66. The topological polar surface area (TPSA) is 39.7 Å². The normalized spacial score (nSPS) is 21.5. The smallest absolute Gasteiger partial charge is 0.254 e. The average molecular weight is 405 g/mol. The van der Waals surface area contributed by atoms with E-state index in [1.807, 2.05) is 18.5 Å². The van der Waals surface area contributed by atoms with Crippen LogP contribution < -0.4 is 4.90 Å². The zero-order chi connectivity index (χ0) is 20.6. The number of fused-ring (bicyclic) bond motifs is 1. The van der Waals surface area contributed by atoms with Crippen LogP contribution in [-0.4, -0.2) is 60.5 Å². The van der Waals surface area contributed by atoms with Crippen LogP contribution in [-0.2, 0) is 13.0 Å². The molecule has 0 bridgehead atoms. The molecule has 5 rings (SSSR count). The summed E-state index contributed by atoms with van der Waals surface area (Å²) in [6.07, 6.45) is 9.53. The predicted molar refractivity (Wildman–Crippen MR) is 120 cm³/mol. The van der Waals surface area contributed by atoms with Gasteiger partial charge in [-0.05, 0) is 73.9 Å². The van der Waals surface area contributed by atoms with Gasteiger partial charge in [0.25, 0.3) is 5.91 Å². The number of hydrogen-bond donors (Lipinski definition) is 0. The Labute approximate surface area is 179 Å². The number of pyridine rings is 1. The SMILES string of the molecule is CN1CCc2cccc(C(=O)N3CCC4(CC3)CCN(c3ccncc3)CC4)c2C1. The van der Waals surface area contributed by atoms with Gasteiger partial charge in [0.15, 0.2) is 0 Å². The molecule has 4 heterocycles. The second-order valence-corrected chi connectivity index (χ2v) is 9.42. The zero-order valence-corrected chi connectivity index (χ0v) is 18.0. The number of carbonyl (C=O) groups is 1. The van der Waals surface area contributed by atoms with Crippen molar-refractivity contribution >= 4 is 11.6 Å². The molecule has 2 fully saturated rings. The standard InChI is InChI=1S/C25H32N4O/c1-27-14-7-20-3-2-4-22(23(20)19-27)24(30)29-17-10-25(11-18-29)8-15-28(16-9-25)21-5-12-26-13-6-21/h2-6,12-13H,7-11,14-19H2,1H3. The second-order valence-electron chi connectivity index (χ2n) is 9.42. The van der Waals surface area contributed by atoms with E-state index in [0.29, 0.717) is 5.41 Å². The number of aromatic nitrogens is 1. The van der Waals surface area contributed by atoms with Crippen molar-refractivity contribution in [2.24, 2.45) is 5.41 Å². The van der Waals surface area contributed by atoms with Crippen LogP contribution in [0.5, 0.6) is 0 Å². The summed E-state index contributed by atoms with van der Waals surface area (Å²) in [6.45, 7) is 5.97. The van der Waals surface area contributed by atoms with Crippen molar-refractivity contribution in [1.29, 1.82) is 0 Å². The highest BCUT2D eigenvalue weighted by Crippen LogP contribution is 2.42. The maximum atomic E-state index is 13.4. The Bertz CT molecular complexity index is 895. The van der Waals surface area contributed by atoms with Crippen molar-refractivity contribution in [3.8, 4) is 0 Å². The number of piperidine rings is 2. The molecule has 0 N–H and O–H groups in total. The number of likely N-dealkylation sites (tertiary alicyclic amines) is 1. The lowest BCUT2D eigenvalue weighted by Gasteiger charge is -2.47. The minimum atomic E-state index is 0.242. The number of carbonyl (C=O) groups excluding carboxylic acids is 1. The summed E-state index contributed by atoms with van der Waals surface area (Å²) in [5.41, 5.74) is 5.24. The molecule has 1 amide bonds. The van der Waals surface area contributed by atoms with Gasteiger partial charge in [0, 0.05) is 62.9 Å². The summed E-state index contributed by atoms with van der Waals surface area (Å²) in [4.78, 5) is 24.4. The van der Waals surface area contributed by atoms with Crippen molar-refractivity contribution in [1.82, 2.24) is 14.8 Å². The van der Waals surface area contributed by atoms with Gasteiger partial charge >= 0.3 is 0 Å². The van der Waals surface area contributed by atoms with E-state index in [1.54, 1.807) is 0 Å². The van der Waals surface area contributed by atoms with Crippen LogP contribution in [0.3, 0.4) is 0 Å². The molecule has 1 aromatic heterocycles. The molecule has 158 valence electrons. The van der Waals surface area contributed by atoms with Gasteiger partial charge < -0.3 is 14.7 Å². The summed E-state index contributed by atoms with van der Waals surface area (Å²) < 4.78 is 0. The van der Waals surface area contributed by atoms with Crippen LogP contribution in [0.2, 0.25) is 0 Å². The Morgan fingerprint density at radius 1 is 0.933 bits per heavy atom. The molecule has 0 unspecified atom stereocenters. The Hall–Kier alpha value is -2.40. The molecule has 5 nitrogen and oxygen atoms in total. The van der Waals surface area contributed by atoms with Gasteiger partial charge in [0.1, 0.15) is 0 Å². The van der Waals surface area contributed by atoms with Crippen molar-refractivity contribution in [2.45, 2.75) is 38.6 Å². The highest BCUT2D eigenvalue weighted by Gasteiger charge is 2.39. The van der Waals surface area contributed by atoms with Crippen molar-refractivity contribution < 1.29 is 4.79 Å². The van der Waals surface area contributed by atoms with Crippen molar-refractivity contribution in [3.05, 3.63) is 59.4 Å². The average Bonchev–Trinajstić information content (AvgIpc) is 2.80. The van der Waals surface area contributed by atoms with Crippen molar-refractivity contribution in [3.63, 3.8) is 0 Å². The third-order valence-corrected chi connectivity index (χ3v) is 7.66. The minimum Gasteiger partial charge on any atom is -0.371 e. The molecule has 3 aliphatic rings. The first-order valence-corrected chi connectivity index (χ1v) is 11.4. The minimum absolute atomic E-state index is 0.242. The van der Waals surface area contributed by atoms with Gasteiger partial charge in [-0.3, -0.25) is 9.78 Å². The van der Waals surface area contributed by atoms with Crippen LogP contribution in [0.4, 0.5) is 5.69 Å². The molecule has 1 spiro atoms. The highest BCUT2D eigenvalue weighted by molar-refractivity contribution is 5.96. The fourth-order valence-corrected chi connectivity index (χ4v) is 5.56. The van der Waals surface area contributed by atoms with Gasteiger partial charge in [-0.25, -0.2) is 0 Å². The van der Waals surface area contributed by atoms with E-state index in [1.165, 1.54) is 29.7 Å². The molecular formula is C25H32N4O. The molecule has 3 aliphatic heterocycles. The largest absolute Gasteiger partial charge is 0.371 e. The van der Waals surface area contributed by atoms with Gasteiger partial charge in [-0.1, -0.05) is 12.1 Å². The number of nitrogens with zero attached hydrogens (tertiary/aromatic N) is 4. The van der Waals surface area contributed by atoms with Gasteiger partial charge in [0.05, 0.1) is 0 Å². The zero-order valence-electron chi connectivity index (χ0n) is 18.0. The maximum Gasteiger partial charge on any atom is 0.254 e. The fourth-order valence-electron chi connectivity index (χ4n) is 5.56. The van der Waals surface area contributed by atoms with E-state index < -0.39 is 0 Å². The number of rotatable bonds is 2. The summed E-state index contributed by atoms with van der Waals surface area (Å²) in [5.74, 6) is 0.242. The Morgan fingerprint density at radius 2 is 1.63 bits per heavy atom.